The lowest BCUT2D eigenvalue weighted by Gasteiger charge is -2.09. The van der Waals surface area contributed by atoms with E-state index < -0.39 is 17.5 Å². The van der Waals surface area contributed by atoms with E-state index in [2.05, 4.69) is 11.4 Å². The maximum atomic E-state index is 13.5. The summed E-state index contributed by atoms with van der Waals surface area (Å²) < 4.78 is 26.4. The van der Waals surface area contributed by atoms with E-state index in [0.29, 0.717) is 11.8 Å². The van der Waals surface area contributed by atoms with Gasteiger partial charge in [-0.05, 0) is 42.7 Å². The van der Waals surface area contributed by atoms with E-state index in [1.807, 2.05) is 0 Å². The van der Waals surface area contributed by atoms with Crippen LogP contribution >= 0.6 is 0 Å². The zero-order valence-corrected chi connectivity index (χ0v) is 11.6. The van der Waals surface area contributed by atoms with Gasteiger partial charge in [0.15, 0.2) is 0 Å². The number of anilines is 1. The van der Waals surface area contributed by atoms with Crippen molar-refractivity contribution in [2.45, 2.75) is 18.3 Å². The average Bonchev–Trinajstić information content (AvgIpc) is 3.29. The van der Waals surface area contributed by atoms with Crippen LogP contribution in [0.2, 0.25) is 0 Å². The second-order valence-corrected chi connectivity index (χ2v) is 5.35. The quantitative estimate of drug-likeness (QED) is 0.937. The van der Waals surface area contributed by atoms with Gasteiger partial charge in [0, 0.05) is 11.8 Å². The number of nitriles is 1. The topological polar surface area (TPSA) is 52.9 Å². The van der Waals surface area contributed by atoms with Crippen molar-refractivity contribution in [1.82, 2.24) is 0 Å². The van der Waals surface area contributed by atoms with Crippen molar-refractivity contribution >= 4 is 11.6 Å². The Kier molecular flexibility index (Phi) is 3.38. The van der Waals surface area contributed by atoms with Crippen molar-refractivity contribution in [2.75, 3.05) is 5.32 Å². The summed E-state index contributed by atoms with van der Waals surface area (Å²) in [5.41, 5.74) is 0.805. The van der Waals surface area contributed by atoms with Crippen LogP contribution in [0.1, 0.15) is 28.8 Å². The predicted molar refractivity (Wildman–Crippen MR) is 77.3 cm³/mol. The molecular formula is C17H12F2N2O. The van der Waals surface area contributed by atoms with Crippen molar-refractivity contribution in [3.8, 4) is 6.07 Å². The molecule has 1 N–H and O–H groups in total. The summed E-state index contributed by atoms with van der Waals surface area (Å²) in [4.78, 5) is 12.0. The Labute approximate surface area is 126 Å². The van der Waals surface area contributed by atoms with Gasteiger partial charge in [0.1, 0.15) is 11.6 Å². The van der Waals surface area contributed by atoms with Crippen molar-refractivity contribution in [3.05, 3.63) is 65.2 Å². The van der Waals surface area contributed by atoms with Crippen LogP contribution in [0.5, 0.6) is 0 Å². The van der Waals surface area contributed by atoms with Gasteiger partial charge in [0.05, 0.1) is 17.0 Å². The van der Waals surface area contributed by atoms with Gasteiger partial charge in [0.25, 0.3) is 5.91 Å². The van der Waals surface area contributed by atoms with E-state index >= 15 is 0 Å². The molecule has 0 aromatic heterocycles. The summed E-state index contributed by atoms with van der Waals surface area (Å²) in [6.07, 6.45) is 1.69. The Balaban J connectivity index is 1.76. The van der Waals surface area contributed by atoms with Gasteiger partial charge >= 0.3 is 0 Å². The Morgan fingerprint density at radius 3 is 2.36 bits per heavy atom. The lowest BCUT2D eigenvalue weighted by Crippen LogP contribution is -2.14. The standard InChI is InChI=1S/C17H12F2N2O/c18-12-3-6-14(15(19)9-12)16(22)21-13-4-1-11(2-5-13)17(10-20)7-8-17/h1-6,9H,7-8H2,(H,21,22). The molecule has 3 rings (SSSR count). The van der Waals surface area contributed by atoms with Crippen LogP contribution in [0.25, 0.3) is 0 Å². The smallest absolute Gasteiger partial charge is 0.258 e. The maximum absolute atomic E-state index is 13.5. The highest BCUT2D eigenvalue weighted by Gasteiger charge is 2.44. The Morgan fingerprint density at radius 1 is 1.14 bits per heavy atom. The zero-order chi connectivity index (χ0) is 15.7. The molecule has 2 aromatic rings. The number of carbonyl (C=O) groups is 1. The minimum atomic E-state index is -0.907. The summed E-state index contributed by atoms with van der Waals surface area (Å²) in [5, 5.41) is 11.7. The number of nitrogens with zero attached hydrogens (tertiary/aromatic N) is 1. The lowest BCUT2D eigenvalue weighted by molar-refractivity contribution is 0.102. The summed E-state index contributed by atoms with van der Waals surface area (Å²) in [6, 6.07) is 12.0. The number of carbonyl (C=O) groups excluding carboxylic acids is 1. The number of hydrogen-bond acceptors (Lipinski definition) is 2. The van der Waals surface area contributed by atoms with E-state index in [-0.39, 0.29) is 11.0 Å². The van der Waals surface area contributed by atoms with Crippen LogP contribution in [0.15, 0.2) is 42.5 Å². The van der Waals surface area contributed by atoms with Gasteiger partial charge in [-0.1, -0.05) is 12.1 Å². The van der Waals surface area contributed by atoms with Crippen molar-refractivity contribution < 1.29 is 13.6 Å². The first-order chi connectivity index (χ1) is 10.5. The van der Waals surface area contributed by atoms with Gasteiger partial charge in [-0.25, -0.2) is 8.78 Å². The first-order valence-electron chi connectivity index (χ1n) is 6.82. The molecule has 110 valence electrons. The van der Waals surface area contributed by atoms with Crippen LogP contribution in [-0.4, -0.2) is 5.91 Å². The van der Waals surface area contributed by atoms with Crippen LogP contribution in [0.3, 0.4) is 0 Å². The normalized spacial score (nSPS) is 15.0. The van der Waals surface area contributed by atoms with E-state index in [1.54, 1.807) is 24.3 Å². The van der Waals surface area contributed by atoms with Crippen LogP contribution < -0.4 is 5.32 Å². The third kappa shape index (κ3) is 2.56. The van der Waals surface area contributed by atoms with Crippen molar-refractivity contribution in [1.29, 1.82) is 5.26 Å². The molecule has 1 amide bonds. The summed E-state index contributed by atoms with van der Waals surface area (Å²) in [7, 11) is 0. The molecule has 0 aliphatic heterocycles. The van der Waals surface area contributed by atoms with Gasteiger partial charge < -0.3 is 5.32 Å². The third-order valence-corrected chi connectivity index (χ3v) is 3.84. The SMILES string of the molecule is N#CC1(c2ccc(NC(=O)c3ccc(F)cc3F)cc2)CC1. The predicted octanol–water partition coefficient (Wildman–Crippen LogP) is 3.77. The highest BCUT2D eigenvalue weighted by atomic mass is 19.1. The molecule has 0 spiro atoms. The Bertz CT molecular complexity index is 774. The van der Waals surface area contributed by atoms with Crippen molar-refractivity contribution in [3.63, 3.8) is 0 Å². The van der Waals surface area contributed by atoms with Gasteiger partial charge in [-0.2, -0.15) is 5.26 Å². The van der Waals surface area contributed by atoms with E-state index in [9.17, 15) is 13.6 Å². The lowest BCUT2D eigenvalue weighted by atomic mass is 9.97. The molecule has 0 bridgehead atoms. The van der Waals surface area contributed by atoms with Crippen LogP contribution in [0.4, 0.5) is 14.5 Å². The molecule has 0 atom stereocenters. The zero-order valence-electron chi connectivity index (χ0n) is 11.6. The fourth-order valence-corrected chi connectivity index (χ4v) is 2.33. The van der Waals surface area contributed by atoms with E-state index in [0.717, 1.165) is 30.5 Å². The average molecular weight is 298 g/mol. The number of amides is 1. The maximum Gasteiger partial charge on any atom is 0.258 e. The summed E-state index contributed by atoms with van der Waals surface area (Å²) >= 11 is 0. The molecule has 5 heteroatoms. The number of hydrogen-bond donors (Lipinski definition) is 1. The minimum absolute atomic E-state index is 0.221. The molecule has 3 nitrogen and oxygen atoms in total. The second kappa shape index (κ2) is 5.23. The first kappa shape index (κ1) is 14.2. The molecule has 22 heavy (non-hydrogen) atoms. The fraction of sp³-hybridized carbons (Fsp3) is 0.176. The van der Waals surface area contributed by atoms with Crippen LogP contribution in [0, 0.1) is 23.0 Å². The van der Waals surface area contributed by atoms with Gasteiger partial charge in [-0.3, -0.25) is 4.79 Å². The van der Waals surface area contributed by atoms with Crippen LogP contribution in [-0.2, 0) is 5.41 Å². The summed E-state index contributed by atoms with van der Waals surface area (Å²) in [6.45, 7) is 0. The minimum Gasteiger partial charge on any atom is -0.322 e. The monoisotopic (exact) mass is 298 g/mol. The Morgan fingerprint density at radius 2 is 1.82 bits per heavy atom. The molecule has 0 radical (unpaired) electrons. The second-order valence-electron chi connectivity index (χ2n) is 5.35. The molecule has 0 heterocycles. The number of rotatable bonds is 3. The molecule has 1 aliphatic rings. The molecule has 1 aliphatic carbocycles. The van der Waals surface area contributed by atoms with E-state index in [1.165, 1.54) is 0 Å². The third-order valence-electron chi connectivity index (χ3n) is 3.84. The molecule has 1 saturated carbocycles. The molecule has 2 aromatic carbocycles. The van der Waals surface area contributed by atoms with Crippen molar-refractivity contribution in [2.24, 2.45) is 0 Å². The number of halogens is 2. The van der Waals surface area contributed by atoms with Gasteiger partial charge in [-0.15, -0.1) is 0 Å². The molecular weight excluding hydrogens is 286 g/mol. The molecule has 0 unspecified atom stereocenters. The largest absolute Gasteiger partial charge is 0.322 e. The fourth-order valence-electron chi connectivity index (χ4n) is 2.33. The van der Waals surface area contributed by atoms with E-state index in [4.69, 9.17) is 5.26 Å². The van der Waals surface area contributed by atoms with Gasteiger partial charge in [0.2, 0.25) is 0 Å². The molecule has 0 saturated heterocycles. The summed E-state index contributed by atoms with van der Waals surface area (Å²) in [5.74, 6) is -2.29. The molecule has 1 fully saturated rings. The number of nitrogens with one attached hydrogen (secondary N) is 1. The first-order valence-corrected chi connectivity index (χ1v) is 6.82. The highest BCUT2D eigenvalue weighted by Crippen LogP contribution is 2.47. The Hall–Kier alpha value is -2.74. The highest BCUT2D eigenvalue weighted by molar-refractivity contribution is 6.04. The number of benzene rings is 2.